The number of sulfonamides is 1. The number of rotatable bonds is 6. The fraction of sp³-hybridized carbons (Fsp3) is 0.136. The van der Waals surface area contributed by atoms with Gasteiger partial charge in [-0.1, -0.05) is 24.3 Å². The number of hydrogen-bond donors (Lipinski definition) is 1. The summed E-state index contributed by atoms with van der Waals surface area (Å²) in [6.45, 7) is 1.85. The van der Waals surface area contributed by atoms with Crippen molar-refractivity contribution in [3.63, 3.8) is 0 Å². The van der Waals surface area contributed by atoms with Crippen LogP contribution in [0.15, 0.2) is 85.5 Å². The van der Waals surface area contributed by atoms with Gasteiger partial charge in [-0.2, -0.15) is 4.31 Å². The SMILES string of the molecule is Cc1ccc2cc(CN(Cc3ccco3)S(=O)(=O)c3ccccc3Br)c(=O)[nH]c2c1. The van der Waals surface area contributed by atoms with E-state index in [0.717, 1.165) is 16.5 Å². The van der Waals surface area contributed by atoms with Crippen molar-refractivity contribution in [1.82, 2.24) is 9.29 Å². The van der Waals surface area contributed by atoms with Gasteiger partial charge in [-0.15, -0.1) is 0 Å². The zero-order chi connectivity index (χ0) is 21.3. The van der Waals surface area contributed by atoms with Gasteiger partial charge < -0.3 is 9.40 Å². The lowest BCUT2D eigenvalue weighted by molar-refractivity contribution is 0.357. The van der Waals surface area contributed by atoms with E-state index in [2.05, 4.69) is 20.9 Å². The first-order valence-corrected chi connectivity index (χ1v) is 11.5. The Hall–Kier alpha value is -2.68. The molecular weight excluding hydrogens is 468 g/mol. The topological polar surface area (TPSA) is 83.4 Å². The van der Waals surface area contributed by atoms with Crippen molar-refractivity contribution in [2.24, 2.45) is 0 Å². The van der Waals surface area contributed by atoms with Crippen molar-refractivity contribution >= 4 is 36.9 Å². The first-order valence-electron chi connectivity index (χ1n) is 9.24. The molecule has 154 valence electrons. The quantitative estimate of drug-likeness (QED) is 0.432. The van der Waals surface area contributed by atoms with Crippen LogP contribution in [0.1, 0.15) is 16.9 Å². The van der Waals surface area contributed by atoms with E-state index in [1.165, 1.54) is 16.6 Å². The van der Waals surface area contributed by atoms with Gasteiger partial charge >= 0.3 is 0 Å². The number of aromatic amines is 1. The molecule has 1 N–H and O–H groups in total. The minimum Gasteiger partial charge on any atom is -0.468 e. The molecule has 6 nitrogen and oxygen atoms in total. The summed E-state index contributed by atoms with van der Waals surface area (Å²) in [5, 5.41) is 0.839. The fourth-order valence-electron chi connectivity index (χ4n) is 3.26. The minimum atomic E-state index is -3.91. The highest BCUT2D eigenvalue weighted by Gasteiger charge is 2.28. The third-order valence-corrected chi connectivity index (χ3v) is 7.60. The molecular formula is C22H19BrN2O4S. The summed E-state index contributed by atoms with van der Waals surface area (Å²) >= 11 is 3.32. The van der Waals surface area contributed by atoms with E-state index in [-0.39, 0.29) is 23.5 Å². The summed E-state index contributed by atoms with van der Waals surface area (Å²) in [5.74, 6) is 0.485. The van der Waals surface area contributed by atoms with Crippen LogP contribution >= 0.6 is 15.9 Å². The van der Waals surface area contributed by atoms with Gasteiger partial charge in [0.1, 0.15) is 5.76 Å². The highest BCUT2D eigenvalue weighted by molar-refractivity contribution is 9.10. The highest BCUT2D eigenvalue weighted by Crippen LogP contribution is 2.27. The smallest absolute Gasteiger partial charge is 0.252 e. The Labute approximate surface area is 182 Å². The molecule has 0 aliphatic carbocycles. The van der Waals surface area contributed by atoms with Gasteiger partial charge in [0.05, 0.1) is 17.7 Å². The summed E-state index contributed by atoms with van der Waals surface area (Å²) in [7, 11) is -3.91. The molecule has 0 unspecified atom stereocenters. The molecule has 2 aromatic carbocycles. The predicted octanol–water partition coefficient (Wildman–Crippen LogP) is 4.58. The zero-order valence-corrected chi connectivity index (χ0v) is 18.5. The highest BCUT2D eigenvalue weighted by atomic mass is 79.9. The van der Waals surface area contributed by atoms with Crippen molar-refractivity contribution in [1.29, 1.82) is 0 Å². The zero-order valence-electron chi connectivity index (χ0n) is 16.1. The van der Waals surface area contributed by atoms with E-state index in [4.69, 9.17) is 4.42 Å². The Morgan fingerprint density at radius 3 is 2.57 bits per heavy atom. The first-order chi connectivity index (χ1) is 14.3. The van der Waals surface area contributed by atoms with Crippen molar-refractivity contribution in [2.75, 3.05) is 0 Å². The van der Waals surface area contributed by atoms with Crippen LogP contribution in [-0.4, -0.2) is 17.7 Å². The summed E-state index contributed by atoms with van der Waals surface area (Å²) in [6, 6.07) is 17.5. The molecule has 0 amide bonds. The number of nitrogens with zero attached hydrogens (tertiary/aromatic N) is 1. The maximum Gasteiger partial charge on any atom is 0.252 e. The summed E-state index contributed by atoms with van der Waals surface area (Å²) in [5.41, 5.74) is 1.78. The van der Waals surface area contributed by atoms with Crippen molar-refractivity contribution < 1.29 is 12.8 Å². The third-order valence-electron chi connectivity index (χ3n) is 4.79. The van der Waals surface area contributed by atoms with Crippen LogP contribution in [0.3, 0.4) is 0 Å². The lowest BCUT2D eigenvalue weighted by atomic mass is 10.1. The monoisotopic (exact) mass is 486 g/mol. The average Bonchev–Trinajstić information content (AvgIpc) is 3.21. The molecule has 0 atom stereocenters. The Kier molecular flexibility index (Phi) is 5.64. The first kappa shape index (κ1) is 20.6. The second-order valence-electron chi connectivity index (χ2n) is 7.00. The molecule has 0 aliphatic heterocycles. The molecule has 0 bridgehead atoms. The standard InChI is InChI=1S/C22H19BrN2O4S/c1-15-8-9-16-12-17(22(26)24-20(16)11-15)13-25(14-18-5-4-10-29-18)30(27,28)21-7-3-2-6-19(21)23/h2-12H,13-14H2,1H3,(H,24,26). The Balaban J connectivity index is 1.78. The number of pyridine rings is 1. The molecule has 0 spiro atoms. The van der Waals surface area contributed by atoms with E-state index in [0.29, 0.717) is 15.8 Å². The van der Waals surface area contributed by atoms with Gasteiger partial charge in [0.2, 0.25) is 10.0 Å². The Morgan fingerprint density at radius 1 is 1.03 bits per heavy atom. The molecule has 2 heterocycles. The molecule has 4 aromatic rings. The van der Waals surface area contributed by atoms with E-state index >= 15 is 0 Å². The van der Waals surface area contributed by atoms with Crippen LogP contribution in [0.2, 0.25) is 0 Å². The van der Waals surface area contributed by atoms with Crippen LogP contribution in [-0.2, 0) is 23.1 Å². The normalized spacial score (nSPS) is 12.0. The second kappa shape index (κ2) is 8.22. The maximum atomic E-state index is 13.4. The van der Waals surface area contributed by atoms with Gasteiger partial charge in [0.15, 0.2) is 0 Å². The van der Waals surface area contributed by atoms with Gasteiger partial charge in [-0.3, -0.25) is 4.79 Å². The Bertz CT molecular complexity index is 1360. The number of nitrogens with one attached hydrogen (secondary N) is 1. The van der Waals surface area contributed by atoms with Gasteiger partial charge in [-0.05, 0) is 70.2 Å². The van der Waals surface area contributed by atoms with Crippen molar-refractivity contribution in [3.8, 4) is 0 Å². The number of hydrogen-bond acceptors (Lipinski definition) is 4. The number of fused-ring (bicyclic) bond motifs is 1. The average molecular weight is 487 g/mol. The van der Waals surface area contributed by atoms with E-state index in [1.807, 2.05) is 25.1 Å². The number of aryl methyl sites for hydroxylation is 1. The van der Waals surface area contributed by atoms with Crippen LogP contribution in [0.25, 0.3) is 10.9 Å². The molecule has 0 fully saturated rings. The summed E-state index contributed by atoms with van der Waals surface area (Å²) in [4.78, 5) is 15.7. The number of halogens is 1. The molecule has 0 saturated heterocycles. The number of benzene rings is 2. The lowest BCUT2D eigenvalue weighted by Gasteiger charge is -2.22. The second-order valence-corrected chi connectivity index (χ2v) is 9.76. The maximum absolute atomic E-state index is 13.4. The van der Waals surface area contributed by atoms with Crippen molar-refractivity contribution in [2.45, 2.75) is 24.9 Å². The van der Waals surface area contributed by atoms with Gasteiger partial charge in [0.25, 0.3) is 5.56 Å². The molecule has 8 heteroatoms. The summed E-state index contributed by atoms with van der Waals surface area (Å²) < 4.78 is 34.0. The van der Waals surface area contributed by atoms with E-state index in [1.54, 1.807) is 36.4 Å². The largest absolute Gasteiger partial charge is 0.468 e. The lowest BCUT2D eigenvalue weighted by Crippen LogP contribution is -2.32. The number of furan rings is 1. The van der Waals surface area contributed by atoms with Crippen LogP contribution in [0.5, 0.6) is 0 Å². The molecule has 0 saturated carbocycles. The Morgan fingerprint density at radius 2 is 1.83 bits per heavy atom. The van der Waals surface area contributed by atoms with E-state index < -0.39 is 10.0 Å². The third kappa shape index (κ3) is 4.12. The van der Waals surface area contributed by atoms with Crippen molar-refractivity contribution in [3.05, 3.63) is 98.6 Å². The molecule has 2 aromatic heterocycles. The minimum absolute atomic E-state index is 0.00203. The predicted molar refractivity (Wildman–Crippen MR) is 119 cm³/mol. The molecule has 4 rings (SSSR count). The van der Waals surface area contributed by atoms with Gasteiger partial charge in [-0.25, -0.2) is 8.42 Å². The van der Waals surface area contributed by atoms with Crippen LogP contribution in [0, 0.1) is 6.92 Å². The molecule has 0 aliphatic rings. The van der Waals surface area contributed by atoms with Crippen LogP contribution in [0.4, 0.5) is 0 Å². The fourth-order valence-corrected chi connectivity index (χ4v) is 5.61. The number of aromatic nitrogens is 1. The van der Waals surface area contributed by atoms with Gasteiger partial charge in [0, 0.05) is 22.1 Å². The molecule has 30 heavy (non-hydrogen) atoms. The number of H-pyrrole nitrogens is 1. The summed E-state index contributed by atoms with van der Waals surface area (Å²) in [6.07, 6.45) is 1.49. The molecule has 0 radical (unpaired) electrons. The van der Waals surface area contributed by atoms with Crippen LogP contribution < -0.4 is 5.56 Å². The van der Waals surface area contributed by atoms with E-state index in [9.17, 15) is 13.2 Å².